The van der Waals surface area contributed by atoms with Crippen LogP contribution in [0.4, 0.5) is 11.4 Å². The van der Waals surface area contributed by atoms with Crippen molar-refractivity contribution in [2.24, 2.45) is 0 Å². The van der Waals surface area contributed by atoms with Gasteiger partial charge in [0.1, 0.15) is 0 Å². The van der Waals surface area contributed by atoms with Gasteiger partial charge < -0.3 is 20.3 Å². The lowest BCUT2D eigenvalue weighted by atomic mass is 9.89. The third-order valence-electron chi connectivity index (χ3n) is 6.46. The van der Waals surface area contributed by atoms with Crippen LogP contribution in [0.2, 0.25) is 0 Å². The molecule has 0 saturated heterocycles. The highest BCUT2D eigenvalue weighted by Gasteiger charge is 2.32. The number of esters is 1. The van der Waals surface area contributed by atoms with E-state index in [1.54, 1.807) is 19.1 Å². The second-order valence-corrected chi connectivity index (χ2v) is 9.13. The van der Waals surface area contributed by atoms with Gasteiger partial charge in [0.25, 0.3) is 0 Å². The second-order valence-electron chi connectivity index (χ2n) is 9.13. The average Bonchev–Trinajstić information content (AvgIpc) is 2.86. The summed E-state index contributed by atoms with van der Waals surface area (Å²) in [6.45, 7) is 5.76. The molecule has 7 nitrogen and oxygen atoms in total. The van der Waals surface area contributed by atoms with Crippen LogP contribution in [0.3, 0.4) is 0 Å². The molecule has 0 unspecified atom stereocenters. The summed E-state index contributed by atoms with van der Waals surface area (Å²) in [5, 5.41) is 6.49. The van der Waals surface area contributed by atoms with Gasteiger partial charge in [-0.25, -0.2) is 4.79 Å². The second kappa shape index (κ2) is 10.7. The topological polar surface area (TPSA) is 87.7 Å². The van der Waals surface area contributed by atoms with E-state index in [1.807, 2.05) is 53.4 Å². The minimum Gasteiger partial charge on any atom is -0.465 e. The van der Waals surface area contributed by atoms with Gasteiger partial charge in [-0.1, -0.05) is 30.3 Å². The van der Waals surface area contributed by atoms with Gasteiger partial charge in [-0.05, 0) is 72.0 Å². The van der Waals surface area contributed by atoms with Crippen molar-refractivity contribution >= 4 is 29.2 Å². The monoisotopic (exact) mass is 485 g/mol. The first kappa shape index (κ1) is 25.1. The highest BCUT2D eigenvalue weighted by Crippen LogP contribution is 2.40. The maximum Gasteiger partial charge on any atom is 0.337 e. The fourth-order valence-electron chi connectivity index (χ4n) is 4.81. The lowest BCUT2D eigenvalue weighted by Gasteiger charge is -2.39. The SMILES string of the molecule is COC(=O)c1ccc(CN[C@@H]2C[C@H](C)N(C(C)=O)c3ccc(-c4cccc(NC(C)=O)c4)cc32)cc1. The predicted octanol–water partition coefficient (Wildman–Crippen LogP) is 5.07. The number of ether oxygens (including phenoxy) is 1. The lowest BCUT2D eigenvalue weighted by Crippen LogP contribution is -2.44. The molecule has 2 N–H and O–H groups in total. The van der Waals surface area contributed by atoms with E-state index in [2.05, 4.69) is 23.6 Å². The maximum atomic E-state index is 12.5. The molecule has 7 heteroatoms. The van der Waals surface area contributed by atoms with Crippen molar-refractivity contribution in [3.05, 3.63) is 83.4 Å². The Morgan fingerprint density at radius 1 is 0.972 bits per heavy atom. The van der Waals surface area contributed by atoms with E-state index in [-0.39, 0.29) is 29.9 Å². The quantitative estimate of drug-likeness (QED) is 0.476. The molecule has 0 radical (unpaired) electrons. The number of hydrogen-bond donors (Lipinski definition) is 2. The van der Waals surface area contributed by atoms with Crippen LogP contribution < -0.4 is 15.5 Å². The summed E-state index contributed by atoms with van der Waals surface area (Å²) in [6, 6.07) is 21.3. The van der Waals surface area contributed by atoms with Crippen LogP contribution in [-0.4, -0.2) is 30.9 Å². The van der Waals surface area contributed by atoms with Crippen molar-refractivity contribution in [1.82, 2.24) is 5.32 Å². The van der Waals surface area contributed by atoms with Gasteiger partial charge in [-0.2, -0.15) is 0 Å². The molecule has 186 valence electrons. The Hall–Kier alpha value is -3.97. The van der Waals surface area contributed by atoms with Crippen molar-refractivity contribution in [3.8, 4) is 11.1 Å². The molecule has 0 fully saturated rings. The molecule has 0 aromatic heterocycles. The molecule has 4 rings (SSSR count). The summed E-state index contributed by atoms with van der Waals surface area (Å²) in [4.78, 5) is 37.6. The van der Waals surface area contributed by atoms with Crippen LogP contribution in [0.5, 0.6) is 0 Å². The van der Waals surface area contributed by atoms with E-state index in [0.717, 1.165) is 40.0 Å². The highest BCUT2D eigenvalue weighted by molar-refractivity contribution is 5.94. The smallest absolute Gasteiger partial charge is 0.337 e. The standard InChI is InChI=1S/C29H31N3O4/c1-18-14-27(30-17-21-8-10-22(11-9-21)29(35)36-4)26-16-24(12-13-28(26)32(18)20(3)34)23-6-5-7-25(15-23)31-19(2)33/h5-13,15-16,18,27,30H,14,17H2,1-4H3,(H,31,33)/t18-,27+/m0/s1. The number of nitrogens with zero attached hydrogens (tertiary/aromatic N) is 1. The molecular formula is C29H31N3O4. The van der Waals surface area contributed by atoms with Crippen molar-refractivity contribution in [3.63, 3.8) is 0 Å². The molecule has 1 aliphatic heterocycles. The van der Waals surface area contributed by atoms with E-state index in [9.17, 15) is 14.4 Å². The van der Waals surface area contributed by atoms with Crippen molar-refractivity contribution in [2.45, 2.75) is 45.8 Å². The lowest BCUT2D eigenvalue weighted by molar-refractivity contribution is -0.117. The third-order valence-corrected chi connectivity index (χ3v) is 6.46. The summed E-state index contributed by atoms with van der Waals surface area (Å²) in [5.41, 5.74) is 6.24. The molecule has 3 aromatic carbocycles. The molecule has 36 heavy (non-hydrogen) atoms. The Labute approximate surface area is 211 Å². The van der Waals surface area contributed by atoms with E-state index in [4.69, 9.17) is 4.74 Å². The normalized spacial score (nSPS) is 16.7. The summed E-state index contributed by atoms with van der Waals surface area (Å²) in [6.07, 6.45) is 0.766. The zero-order valence-corrected chi connectivity index (χ0v) is 21.0. The molecule has 0 spiro atoms. The molecule has 1 aliphatic rings. The molecule has 0 bridgehead atoms. The number of anilines is 2. The number of nitrogens with one attached hydrogen (secondary N) is 2. The summed E-state index contributed by atoms with van der Waals surface area (Å²) in [5.74, 6) is -0.461. The number of fused-ring (bicyclic) bond motifs is 1. The minimum absolute atomic E-state index is 0.0148. The van der Waals surface area contributed by atoms with Gasteiger partial charge in [0.05, 0.1) is 12.7 Å². The van der Waals surface area contributed by atoms with Gasteiger partial charge in [0, 0.05) is 43.9 Å². The van der Waals surface area contributed by atoms with Crippen molar-refractivity contribution in [2.75, 3.05) is 17.3 Å². The molecule has 0 aliphatic carbocycles. The largest absolute Gasteiger partial charge is 0.465 e. The van der Waals surface area contributed by atoms with Gasteiger partial charge in [0.15, 0.2) is 0 Å². The fraction of sp³-hybridized carbons (Fsp3) is 0.276. The molecule has 1 heterocycles. The van der Waals surface area contributed by atoms with Crippen LogP contribution in [-0.2, 0) is 20.9 Å². The summed E-state index contributed by atoms with van der Waals surface area (Å²) >= 11 is 0. The van der Waals surface area contributed by atoms with Crippen LogP contribution in [0.1, 0.15) is 54.7 Å². The van der Waals surface area contributed by atoms with Gasteiger partial charge in [-0.3, -0.25) is 9.59 Å². The molecule has 2 atom stereocenters. The first-order valence-electron chi connectivity index (χ1n) is 12.0. The van der Waals surface area contributed by atoms with E-state index in [1.165, 1.54) is 14.0 Å². The van der Waals surface area contributed by atoms with E-state index >= 15 is 0 Å². The predicted molar refractivity (Wildman–Crippen MR) is 141 cm³/mol. The third kappa shape index (κ3) is 5.47. The Morgan fingerprint density at radius 3 is 2.36 bits per heavy atom. The summed E-state index contributed by atoms with van der Waals surface area (Å²) < 4.78 is 4.78. The fourth-order valence-corrected chi connectivity index (χ4v) is 4.81. The molecule has 0 saturated carbocycles. The average molecular weight is 486 g/mol. The first-order chi connectivity index (χ1) is 17.3. The Balaban J connectivity index is 1.64. The molecular weight excluding hydrogens is 454 g/mol. The minimum atomic E-state index is -0.357. The zero-order valence-electron chi connectivity index (χ0n) is 21.0. The Kier molecular flexibility index (Phi) is 7.50. The van der Waals surface area contributed by atoms with Crippen LogP contribution in [0, 0.1) is 0 Å². The molecule has 2 amide bonds. The number of carbonyl (C=O) groups is 3. The van der Waals surface area contributed by atoms with Crippen molar-refractivity contribution < 1.29 is 19.1 Å². The van der Waals surface area contributed by atoms with Crippen LogP contribution >= 0.6 is 0 Å². The zero-order chi connectivity index (χ0) is 25.8. The van der Waals surface area contributed by atoms with Gasteiger partial charge >= 0.3 is 5.97 Å². The number of hydrogen-bond acceptors (Lipinski definition) is 5. The van der Waals surface area contributed by atoms with Crippen molar-refractivity contribution in [1.29, 1.82) is 0 Å². The van der Waals surface area contributed by atoms with Gasteiger partial charge in [0.2, 0.25) is 11.8 Å². The number of rotatable bonds is 6. The number of carbonyl (C=O) groups excluding carboxylic acids is 3. The van der Waals surface area contributed by atoms with Crippen LogP contribution in [0.15, 0.2) is 66.7 Å². The molecule has 3 aromatic rings. The van der Waals surface area contributed by atoms with Gasteiger partial charge in [-0.15, -0.1) is 0 Å². The number of amides is 2. The Morgan fingerprint density at radius 2 is 1.69 bits per heavy atom. The first-order valence-corrected chi connectivity index (χ1v) is 12.0. The van der Waals surface area contributed by atoms with E-state index < -0.39 is 0 Å². The highest BCUT2D eigenvalue weighted by atomic mass is 16.5. The number of methoxy groups -OCH3 is 1. The summed E-state index contributed by atoms with van der Waals surface area (Å²) in [7, 11) is 1.37. The maximum absolute atomic E-state index is 12.5. The Bertz CT molecular complexity index is 1290. The van der Waals surface area contributed by atoms with Crippen LogP contribution in [0.25, 0.3) is 11.1 Å². The number of benzene rings is 3. The van der Waals surface area contributed by atoms with E-state index in [0.29, 0.717) is 12.1 Å².